The van der Waals surface area contributed by atoms with Crippen LogP contribution in [0.5, 0.6) is 0 Å². The van der Waals surface area contributed by atoms with Crippen LogP contribution in [-0.2, 0) is 10.0 Å². The molecule has 1 rings (SSSR count). The Kier molecular flexibility index (Phi) is 6.40. The van der Waals surface area contributed by atoms with Gasteiger partial charge in [-0.2, -0.15) is 0 Å². The maximum Gasteiger partial charge on any atom is 0.232 e. The quantitative estimate of drug-likeness (QED) is 0.800. The van der Waals surface area contributed by atoms with E-state index in [2.05, 4.69) is 5.32 Å². The van der Waals surface area contributed by atoms with Crippen molar-refractivity contribution < 1.29 is 13.5 Å². The minimum Gasteiger partial charge on any atom is -0.390 e. The van der Waals surface area contributed by atoms with Gasteiger partial charge >= 0.3 is 0 Å². The third kappa shape index (κ3) is 5.26. The van der Waals surface area contributed by atoms with Crippen LogP contribution in [0.25, 0.3) is 0 Å². The highest BCUT2D eigenvalue weighted by molar-refractivity contribution is 7.92. The number of aliphatic hydroxyl groups excluding tert-OH is 1. The second-order valence-corrected chi connectivity index (χ2v) is 8.17. The van der Waals surface area contributed by atoms with Crippen molar-refractivity contribution in [2.24, 2.45) is 0 Å². The van der Waals surface area contributed by atoms with Crippen LogP contribution in [0.2, 0.25) is 0 Å². The smallest absolute Gasteiger partial charge is 0.232 e. The summed E-state index contributed by atoms with van der Waals surface area (Å²) in [5.41, 5.74) is 3.55. The van der Waals surface area contributed by atoms with Crippen LogP contribution >= 0.6 is 0 Å². The van der Waals surface area contributed by atoms with Gasteiger partial charge in [0, 0.05) is 12.6 Å². The molecule has 1 aromatic carbocycles. The van der Waals surface area contributed by atoms with E-state index in [4.69, 9.17) is 0 Å². The number of anilines is 1. The highest BCUT2D eigenvalue weighted by Crippen LogP contribution is 2.28. The minimum atomic E-state index is -3.46. The lowest BCUT2D eigenvalue weighted by Crippen LogP contribution is -2.43. The predicted octanol–water partition coefficient (Wildman–Crippen LogP) is 1.74. The van der Waals surface area contributed by atoms with Gasteiger partial charge in [0.05, 0.1) is 24.6 Å². The molecule has 0 amide bonds. The third-order valence-corrected chi connectivity index (χ3v) is 4.56. The molecule has 0 radical (unpaired) electrons. The highest BCUT2D eigenvalue weighted by Gasteiger charge is 2.24. The number of benzene rings is 1. The Morgan fingerprint density at radius 1 is 1.18 bits per heavy atom. The zero-order chi connectivity index (χ0) is 17.1. The Morgan fingerprint density at radius 2 is 1.68 bits per heavy atom. The molecule has 2 N–H and O–H groups in total. The second-order valence-electron chi connectivity index (χ2n) is 6.26. The first kappa shape index (κ1) is 18.9. The van der Waals surface area contributed by atoms with Crippen molar-refractivity contribution in [3.05, 3.63) is 28.8 Å². The number of nitrogens with one attached hydrogen (secondary N) is 1. The fourth-order valence-electron chi connectivity index (χ4n) is 2.59. The van der Waals surface area contributed by atoms with Crippen LogP contribution < -0.4 is 9.62 Å². The molecule has 0 aliphatic rings. The van der Waals surface area contributed by atoms with Crippen molar-refractivity contribution in [3.8, 4) is 0 Å². The van der Waals surface area contributed by atoms with E-state index in [9.17, 15) is 13.5 Å². The Bertz CT molecular complexity index is 589. The van der Waals surface area contributed by atoms with Crippen LogP contribution in [0.1, 0.15) is 30.5 Å². The fourth-order valence-corrected chi connectivity index (χ4v) is 3.65. The van der Waals surface area contributed by atoms with Crippen molar-refractivity contribution in [2.75, 3.05) is 23.7 Å². The zero-order valence-electron chi connectivity index (χ0n) is 14.3. The molecule has 0 heterocycles. The van der Waals surface area contributed by atoms with E-state index in [-0.39, 0.29) is 12.6 Å². The molecular weight excluding hydrogens is 300 g/mol. The lowest BCUT2D eigenvalue weighted by atomic mass is 10.0. The van der Waals surface area contributed by atoms with E-state index in [1.807, 2.05) is 46.8 Å². The maximum absolute atomic E-state index is 12.2. The maximum atomic E-state index is 12.2. The number of aliphatic hydroxyl groups is 1. The van der Waals surface area contributed by atoms with E-state index in [1.54, 1.807) is 0 Å². The number of hydrogen-bond donors (Lipinski definition) is 2. The van der Waals surface area contributed by atoms with Gasteiger partial charge in [0.25, 0.3) is 0 Å². The van der Waals surface area contributed by atoms with Crippen molar-refractivity contribution in [1.82, 2.24) is 5.32 Å². The first-order chi connectivity index (χ1) is 10.0. The summed E-state index contributed by atoms with van der Waals surface area (Å²) >= 11 is 0. The van der Waals surface area contributed by atoms with E-state index < -0.39 is 16.1 Å². The van der Waals surface area contributed by atoms with Crippen molar-refractivity contribution in [3.63, 3.8) is 0 Å². The molecule has 0 bridgehead atoms. The van der Waals surface area contributed by atoms with E-state index in [0.717, 1.165) is 16.7 Å². The topological polar surface area (TPSA) is 69.6 Å². The molecule has 0 aliphatic heterocycles. The highest BCUT2D eigenvalue weighted by atomic mass is 32.2. The summed E-state index contributed by atoms with van der Waals surface area (Å²) in [5.74, 6) is 0. The van der Waals surface area contributed by atoms with Gasteiger partial charge in [-0.1, -0.05) is 31.5 Å². The fraction of sp³-hybridized carbons (Fsp3) is 0.625. The third-order valence-electron chi connectivity index (χ3n) is 3.42. The summed E-state index contributed by atoms with van der Waals surface area (Å²) in [5, 5.41) is 13.3. The van der Waals surface area contributed by atoms with Gasteiger partial charge in [-0.3, -0.25) is 4.31 Å². The summed E-state index contributed by atoms with van der Waals surface area (Å²) in [6.45, 7) is 10.1. The molecule has 0 saturated heterocycles. The van der Waals surface area contributed by atoms with Gasteiger partial charge < -0.3 is 10.4 Å². The van der Waals surface area contributed by atoms with Crippen LogP contribution in [0.15, 0.2) is 12.1 Å². The van der Waals surface area contributed by atoms with Crippen LogP contribution in [0, 0.1) is 20.8 Å². The van der Waals surface area contributed by atoms with Crippen LogP contribution in [-0.4, -0.2) is 45.0 Å². The Balaban J connectivity index is 3.11. The van der Waals surface area contributed by atoms with Gasteiger partial charge in [0.1, 0.15) is 0 Å². The minimum absolute atomic E-state index is 0.0449. The number of hydrogen-bond acceptors (Lipinski definition) is 4. The van der Waals surface area contributed by atoms with Crippen LogP contribution in [0.3, 0.4) is 0 Å². The van der Waals surface area contributed by atoms with Gasteiger partial charge in [-0.15, -0.1) is 0 Å². The summed E-state index contributed by atoms with van der Waals surface area (Å²) in [7, 11) is -3.46. The van der Waals surface area contributed by atoms with E-state index >= 15 is 0 Å². The molecule has 1 unspecified atom stereocenters. The van der Waals surface area contributed by atoms with Crippen molar-refractivity contribution in [2.45, 2.75) is 46.8 Å². The monoisotopic (exact) mass is 328 g/mol. The largest absolute Gasteiger partial charge is 0.390 e. The van der Waals surface area contributed by atoms with E-state index in [0.29, 0.717) is 12.2 Å². The molecule has 0 aliphatic carbocycles. The SMILES string of the molecule is Cc1cc(C)c(N(CC(O)CNC(C)C)S(C)(=O)=O)c(C)c1. The van der Waals surface area contributed by atoms with Crippen molar-refractivity contribution in [1.29, 1.82) is 0 Å². The lowest BCUT2D eigenvalue weighted by molar-refractivity contribution is 0.177. The number of nitrogens with zero attached hydrogens (tertiary/aromatic N) is 1. The summed E-state index contributed by atoms with van der Waals surface area (Å²) in [6, 6.07) is 4.16. The summed E-state index contributed by atoms with van der Waals surface area (Å²) in [4.78, 5) is 0. The Hall–Kier alpha value is -1.11. The van der Waals surface area contributed by atoms with Gasteiger partial charge in [-0.05, 0) is 31.9 Å². The number of rotatable bonds is 7. The normalized spacial score (nSPS) is 13.5. The van der Waals surface area contributed by atoms with Gasteiger partial charge in [0.2, 0.25) is 10.0 Å². The second kappa shape index (κ2) is 7.44. The lowest BCUT2D eigenvalue weighted by Gasteiger charge is -2.28. The van der Waals surface area contributed by atoms with Crippen LogP contribution in [0.4, 0.5) is 5.69 Å². The summed E-state index contributed by atoms with van der Waals surface area (Å²) in [6.07, 6.45) is 0.408. The first-order valence-electron chi connectivity index (χ1n) is 7.49. The standard InChI is InChI=1S/C16H28N2O3S/c1-11(2)17-9-15(19)10-18(22(6,20)21)16-13(4)7-12(3)8-14(16)5/h7-8,11,15,17,19H,9-10H2,1-6H3. The average molecular weight is 328 g/mol. The Morgan fingerprint density at radius 3 is 2.09 bits per heavy atom. The molecule has 1 aromatic rings. The Labute approximate surface area is 134 Å². The molecule has 6 heteroatoms. The molecule has 1 atom stereocenters. The average Bonchev–Trinajstić information content (AvgIpc) is 2.32. The predicted molar refractivity (Wildman–Crippen MR) is 92.0 cm³/mol. The molecule has 126 valence electrons. The van der Waals surface area contributed by atoms with Gasteiger partial charge in [-0.25, -0.2) is 8.42 Å². The van der Waals surface area contributed by atoms with E-state index in [1.165, 1.54) is 10.6 Å². The first-order valence-corrected chi connectivity index (χ1v) is 9.34. The molecule has 0 fully saturated rings. The molecule has 0 aromatic heterocycles. The van der Waals surface area contributed by atoms with Gasteiger partial charge in [0.15, 0.2) is 0 Å². The molecule has 22 heavy (non-hydrogen) atoms. The molecular formula is C16H28N2O3S. The molecule has 0 saturated carbocycles. The molecule has 5 nitrogen and oxygen atoms in total. The summed E-state index contributed by atoms with van der Waals surface area (Å²) < 4.78 is 25.7. The number of sulfonamides is 1. The van der Waals surface area contributed by atoms with Crippen molar-refractivity contribution >= 4 is 15.7 Å². The number of aryl methyl sites for hydroxylation is 3. The zero-order valence-corrected chi connectivity index (χ0v) is 15.2. The molecule has 0 spiro atoms.